The van der Waals surface area contributed by atoms with E-state index in [2.05, 4.69) is 10.3 Å². The minimum atomic E-state index is -0.541. The molecule has 4 N–H and O–H groups in total. The smallest absolute Gasteiger partial charge is 0.342 e. The fourth-order valence-electron chi connectivity index (χ4n) is 3.67. The molecule has 10 heteroatoms. The fourth-order valence-corrected chi connectivity index (χ4v) is 3.67. The number of pyridine rings is 1. The number of benzene rings is 2. The van der Waals surface area contributed by atoms with Crippen LogP contribution in [-0.4, -0.2) is 61.5 Å². The number of amides is 1. The summed E-state index contributed by atoms with van der Waals surface area (Å²) < 4.78 is 21.8. The van der Waals surface area contributed by atoms with E-state index in [1.807, 2.05) is 0 Å². The van der Waals surface area contributed by atoms with Crippen molar-refractivity contribution in [3.8, 4) is 17.2 Å². The normalized spacial score (nSPS) is 11.6. The van der Waals surface area contributed by atoms with E-state index in [9.17, 15) is 9.59 Å². The Morgan fingerprint density at radius 1 is 1.14 bits per heavy atom. The number of aliphatic hydroxyl groups is 1. The molecule has 0 saturated heterocycles. The predicted octanol–water partition coefficient (Wildman–Crippen LogP) is 2.88. The van der Waals surface area contributed by atoms with Gasteiger partial charge in [-0.2, -0.15) is 0 Å². The minimum Gasteiger partial charge on any atom is -0.493 e. The minimum absolute atomic E-state index is 0.116. The van der Waals surface area contributed by atoms with Gasteiger partial charge >= 0.3 is 5.97 Å². The number of hydrogen-bond acceptors (Lipinski definition) is 9. The maximum absolute atomic E-state index is 12.8. The van der Waals surface area contributed by atoms with E-state index in [1.165, 1.54) is 7.11 Å². The molecule has 3 rings (SSSR count). The van der Waals surface area contributed by atoms with Crippen LogP contribution in [0.4, 0.5) is 5.69 Å². The van der Waals surface area contributed by atoms with Gasteiger partial charge < -0.3 is 35.1 Å². The number of nitrogen functional groups attached to an aromatic ring is 1. The summed E-state index contributed by atoms with van der Waals surface area (Å²) in [7, 11) is 1.47. The van der Waals surface area contributed by atoms with E-state index in [0.717, 1.165) is 0 Å². The van der Waals surface area contributed by atoms with Gasteiger partial charge in [-0.05, 0) is 51.1 Å². The van der Waals surface area contributed by atoms with Crippen LogP contribution in [0.5, 0.6) is 17.2 Å². The quantitative estimate of drug-likeness (QED) is 0.341. The van der Waals surface area contributed by atoms with E-state index < -0.39 is 5.97 Å². The Morgan fingerprint density at radius 3 is 2.61 bits per heavy atom. The number of esters is 1. The Kier molecular flexibility index (Phi) is 8.91. The van der Waals surface area contributed by atoms with Crippen molar-refractivity contribution in [1.82, 2.24) is 10.3 Å². The number of anilines is 1. The van der Waals surface area contributed by atoms with E-state index in [4.69, 9.17) is 29.8 Å². The van der Waals surface area contributed by atoms with Crippen molar-refractivity contribution in [3.63, 3.8) is 0 Å². The number of fused-ring (bicyclic) bond motifs is 1. The monoisotopic (exact) mass is 497 g/mol. The van der Waals surface area contributed by atoms with Crippen molar-refractivity contribution < 1.29 is 33.6 Å². The summed E-state index contributed by atoms with van der Waals surface area (Å²) in [5, 5.41) is 12.3. The molecule has 0 aliphatic carbocycles. The SMILES string of the molecule is CCOC(=O)c1c(C)nc2cccc(OCC(C)NC(=O)c3ccc(OCCO)c(OC)c3)c2c1N. The van der Waals surface area contributed by atoms with Crippen LogP contribution in [0.2, 0.25) is 0 Å². The van der Waals surface area contributed by atoms with Crippen LogP contribution < -0.4 is 25.3 Å². The molecule has 0 fully saturated rings. The number of aliphatic hydroxyl groups excluding tert-OH is 1. The van der Waals surface area contributed by atoms with Gasteiger partial charge in [-0.1, -0.05) is 6.07 Å². The summed E-state index contributed by atoms with van der Waals surface area (Å²) in [5.74, 6) is 0.389. The summed E-state index contributed by atoms with van der Waals surface area (Å²) in [6.45, 7) is 5.56. The second kappa shape index (κ2) is 12.1. The van der Waals surface area contributed by atoms with Crippen LogP contribution in [0.15, 0.2) is 36.4 Å². The van der Waals surface area contributed by atoms with Gasteiger partial charge in [0.25, 0.3) is 5.91 Å². The highest BCUT2D eigenvalue weighted by Gasteiger charge is 2.21. The standard InChI is InChI=1S/C26H31N3O7/c1-5-34-26(32)22-16(3)29-18-7-6-8-20(23(18)24(22)27)36-14-15(2)28-25(31)17-9-10-19(35-12-11-30)21(13-17)33-4/h6-10,13,15,30H,5,11-12,14H2,1-4H3,(H2,27,29)(H,28,31). The number of carbonyl (C=O) groups excluding carboxylic acids is 2. The van der Waals surface area contributed by atoms with Crippen LogP contribution in [0.3, 0.4) is 0 Å². The van der Waals surface area contributed by atoms with Gasteiger partial charge in [0.2, 0.25) is 0 Å². The van der Waals surface area contributed by atoms with Gasteiger partial charge in [0.05, 0.1) is 48.6 Å². The second-order valence-electron chi connectivity index (χ2n) is 7.98. The van der Waals surface area contributed by atoms with Crippen LogP contribution >= 0.6 is 0 Å². The van der Waals surface area contributed by atoms with Crippen molar-refractivity contribution in [2.75, 3.05) is 39.3 Å². The molecule has 1 heterocycles. The van der Waals surface area contributed by atoms with Crippen LogP contribution in [-0.2, 0) is 4.74 Å². The number of nitrogens with zero attached hydrogens (tertiary/aromatic N) is 1. The van der Waals surface area contributed by atoms with Crippen molar-refractivity contribution in [2.45, 2.75) is 26.8 Å². The average molecular weight is 498 g/mol. The summed E-state index contributed by atoms with van der Waals surface area (Å²) in [5.41, 5.74) is 8.24. The zero-order valence-electron chi connectivity index (χ0n) is 20.8. The number of carbonyl (C=O) groups is 2. The van der Waals surface area contributed by atoms with Gasteiger partial charge in [-0.3, -0.25) is 9.78 Å². The zero-order chi connectivity index (χ0) is 26.2. The van der Waals surface area contributed by atoms with Gasteiger partial charge in [-0.15, -0.1) is 0 Å². The third kappa shape index (κ3) is 5.95. The van der Waals surface area contributed by atoms with Crippen molar-refractivity contribution >= 4 is 28.5 Å². The number of ether oxygens (including phenoxy) is 4. The Bertz CT molecular complexity index is 1250. The Balaban J connectivity index is 1.74. The lowest BCUT2D eigenvalue weighted by Crippen LogP contribution is -2.36. The lowest BCUT2D eigenvalue weighted by atomic mass is 10.1. The Hall–Kier alpha value is -4.05. The molecule has 36 heavy (non-hydrogen) atoms. The average Bonchev–Trinajstić information content (AvgIpc) is 2.85. The Labute approximate surface area is 209 Å². The highest BCUT2D eigenvalue weighted by atomic mass is 16.5. The third-order valence-electron chi connectivity index (χ3n) is 5.31. The number of aromatic nitrogens is 1. The Morgan fingerprint density at radius 2 is 1.92 bits per heavy atom. The molecule has 1 unspecified atom stereocenters. The van der Waals surface area contributed by atoms with E-state index in [-0.39, 0.29) is 49.6 Å². The maximum Gasteiger partial charge on any atom is 0.342 e. The number of hydrogen-bond donors (Lipinski definition) is 3. The van der Waals surface area contributed by atoms with E-state index in [1.54, 1.807) is 57.2 Å². The highest BCUT2D eigenvalue weighted by Crippen LogP contribution is 2.34. The van der Waals surface area contributed by atoms with Gasteiger partial charge in [0.1, 0.15) is 24.5 Å². The van der Waals surface area contributed by atoms with Crippen LogP contribution in [0.25, 0.3) is 10.9 Å². The van der Waals surface area contributed by atoms with Gasteiger partial charge in [0.15, 0.2) is 11.5 Å². The topological polar surface area (TPSA) is 142 Å². The fraction of sp³-hybridized carbons (Fsp3) is 0.346. The molecule has 10 nitrogen and oxygen atoms in total. The molecule has 0 aliphatic rings. The molecule has 2 aromatic carbocycles. The van der Waals surface area contributed by atoms with Gasteiger partial charge in [0, 0.05) is 5.56 Å². The first-order valence-corrected chi connectivity index (χ1v) is 11.5. The zero-order valence-corrected chi connectivity index (χ0v) is 20.8. The first kappa shape index (κ1) is 26.6. The lowest BCUT2D eigenvalue weighted by molar-refractivity contribution is 0.0526. The van der Waals surface area contributed by atoms with E-state index in [0.29, 0.717) is 39.4 Å². The largest absolute Gasteiger partial charge is 0.493 e. The summed E-state index contributed by atoms with van der Waals surface area (Å²) in [6.07, 6.45) is 0. The number of aryl methyl sites for hydroxylation is 1. The number of nitrogens with two attached hydrogens (primary N) is 1. The first-order valence-electron chi connectivity index (χ1n) is 11.5. The van der Waals surface area contributed by atoms with Crippen molar-refractivity contribution in [2.24, 2.45) is 0 Å². The lowest BCUT2D eigenvalue weighted by Gasteiger charge is -2.18. The van der Waals surface area contributed by atoms with Crippen molar-refractivity contribution in [3.05, 3.63) is 53.2 Å². The molecule has 0 aliphatic heterocycles. The molecule has 0 spiro atoms. The maximum atomic E-state index is 12.8. The van der Waals surface area contributed by atoms with Crippen molar-refractivity contribution in [1.29, 1.82) is 0 Å². The molecular weight excluding hydrogens is 466 g/mol. The molecule has 192 valence electrons. The molecule has 3 aromatic rings. The third-order valence-corrected chi connectivity index (χ3v) is 5.31. The summed E-state index contributed by atoms with van der Waals surface area (Å²) >= 11 is 0. The molecule has 1 aromatic heterocycles. The molecule has 1 amide bonds. The second-order valence-corrected chi connectivity index (χ2v) is 7.98. The number of rotatable bonds is 11. The molecule has 1 atom stereocenters. The van der Waals surface area contributed by atoms with Crippen LogP contribution in [0.1, 0.15) is 40.3 Å². The van der Waals surface area contributed by atoms with E-state index >= 15 is 0 Å². The van der Waals surface area contributed by atoms with Crippen LogP contribution in [0, 0.1) is 6.92 Å². The molecule has 0 saturated carbocycles. The van der Waals surface area contributed by atoms with Gasteiger partial charge in [-0.25, -0.2) is 4.79 Å². The first-order chi connectivity index (χ1) is 17.3. The molecular formula is C26H31N3O7. The molecule has 0 bridgehead atoms. The highest BCUT2D eigenvalue weighted by molar-refractivity contribution is 6.07. The predicted molar refractivity (Wildman–Crippen MR) is 135 cm³/mol. The molecule has 0 radical (unpaired) electrons. The summed E-state index contributed by atoms with van der Waals surface area (Å²) in [4.78, 5) is 29.7. The number of methoxy groups -OCH3 is 1. The summed E-state index contributed by atoms with van der Waals surface area (Å²) in [6, 6.07) is 9.71. The number of nitrogens with one attached hydrogen (secondary N) is 1.